The summed E-state index contributed by atoms with van der Waals surface area (Å²) in [5, 5.41) is 9.95. The van der Waals surface area contributed by atoms with Gasteiger partial charge in [0.2, 0.25) is 10.0 Å². The van der Waals surface area contributed by atoms with Crippen molar-refractivity contribution in [3.8, 4) is 5.75 Å². The number of halogens is 1. The maximum atomic E-state index is 12.6. The van der Waals surface area contributed by atoms with Gasteiger partial charge in [-0.3, -0.25) is 9.89 Å². The number of thioether (sulfide) groups is 1. The van der Waals surface area contributed by atoms with E-state index in [1.54, 1.807) is 0 Å². The van der Waals surface area contributed by atoms with Crippen molar-refractivity contribution < 1.29 is 22.7 Å². The van der Waals surface area contributed by atoms with Gasteiger partial charge in [-0.25, -0.2) is 13.4 Å². The molecule has 1 aliphatic heterocycles. The molecule has 1 aromatic heterocycles. The summed E-state index contributed by atoms with van der Waals surface area (Å²) >= 11 is 7.58. The Bertz CT molecular complexity index is 920. The Morgan fingerprint density at radius 1 is 1.38 bits per heavy atom. The second-order valence-corrected chi connectivity index (χ2v) is 9.32. The quantitative estimate of drug-likeness (QED) is 0.414. The van der Waals surface area contributed by atoms with Gasteiger partial charge in [0, 0.05) is 25.4 Å². The van der Waals surface area contributed by atoms with Crippen LogP contribution in [0.5, 0.6) is 5.75 Å². The largest absolute Gasteiger partial charge is 0.482 e. The number of rotatable bonds is 9. The van der Waals surface area contributed by atoms with Gasteiger partial charge >= 0.3 is 0 Å². The lowest BCUT2D eigenvalue weighted by molar-refractivity contribution is -0.122. The number of nitrogens with one attached hydrogen (secondary N) is 2. The number of benzene rings is 1. The number of morpholine rings is 1. The molecule has 0 atom stereocenters. The minimum atomic E-state index is -3.65. The minimum Gasteiger partial charge on any atom is -0.482 e. The zero-order valence-electron chi connectivity index (χ0n) is 15.3. The predicted octanol–water partition coefficient (Wildman–Crippen LogP) is 0.766. The standard InChI is InChI=1S/C16H20ClN5O5S2/c17-13-9-12(29(24,25)22-4-6-26-7-5-22)1-2-14(13)27-10-15(23)18-3-8-28-16-19-11-20-21-16/h1-2,9,11H,3-8,10H2,(H,18,23)(H,19,20,21). The number of carbonyl (C=O) groups excluding carboxylic acids is 1. The second kappa shape index (κ2) is 10.3. The van der Waals surface area contributed by atoms with Crippen molar-refractivity contribution in [1.29, 1.82) is 0 Å². The van der Waals surface area contributed by atoms with Gasteiger partial charge in [0.25, 0.3) is 5.91 Å². The summed E-state index contributed by atoms with van der Waals surface area (Å²) in [6.07, 6.45) is 1.41. The van der Waals surface area contributed by atoms with Crippen LogP contribution in [0.15, 0.2) is 34.6 Å². The first-order valence-electron chi connectivity index (χ1n) is 8.72. The lowest BCUT2D eigenvalue weighted by atomic mass is 10.3. The molecule has 1 amide bonds. The molecule has 1 aromatic carbocycles. The highest BCUT2D eigenvalue weighted by molar-refractivity contribution is 7.99. The van der Waals surface area contributed by atoms with E-state index < -0.39 is 10.0 Å². The summed E-state index contributed by atoms with van der Waals surface area (Å²) in [6.45, 7) is 1.51. The van der Waals surface area contributed by atoms with Gasteiger partial charge in [0.15, 0.2) is 11.8 Å². The maximum Gasteiger partial charge on any atom is 0.257 e. The fraction of sp³-hybridized carbons (Fsp3) is 0.438. The predicted molar refractivity (Wildman–Crippen MR) is 107 cm³/mol. The molecule has 0 bridgehead atoms. The summed E-state index contributed by atoms with van der Waals surface area (Å²) in [4.78, 5) is 15.9. The summed E-state index contributed by atoms with van der Waals surface area (Å²) < 4.78 is 37.2. The summed E-state index contributed by atoms with van der Waals surface area (Å²) in [5.74, 6) is 0.540. The Kier molecular flexibility index (Phi) is 7.72. The third-order valence-corrected chi connectivity index (χ3v) is 6.99. The first-order chi connectivity index (χ1) is 14.0. The van der Waals surface area contributed by atoms with E-state index in [-0.39, 0.29) is 28.2 Å². The molecule has 2 heterocycles. The zero-order valence-corrected chi connectivity index (χ0v) is 17.7. The van der Waals surface area contributed by atoms with Gasteiger partial charge < -0.3 is 14.8 Å². The van der Waals surface area contributed by atoms with E-state index in [4.69, 9.17) is 21.1 Å². The molecule has 2 N–H and O–H groups in total. The Morgan fingerprint density at radius 3 is 2.86 bits per heavy atom. The Hall–Kier alpha value is -1.86. The molecule has 0 spiro atoms. The van der Waals surface area contributed by atoms with Gasteiger partial charge in [-0.2, -0.15) is 9.40 Å². The van der Waals surface area contributed by atoms with Crippen LogP contribution < -0.4 is 10.1 Å². The third-order valence-electron chi connectivity index (χ3n) is 3.93. The van der Waals surface area contributed by atoms with Crippen LogP contribution in [-0.2, 0) is 19.6 Å². The molecule has 2 aromatic rings. The molecule has 13 heteroatoms. The smallest absolute Gasteiger partial charge is 0.257 e. The van der Waals surface area contributed by atoms with Crippen LogP contribution >= 0.6 is 23.4 Å². The van der Waals surface area contributed by atoms with E-state index in [0.29, 0.717) is 43.8 Å². The van der Waals surface area contributed by atoms with Crippen LogP contribution in [0, 0.1) is 0 Å². The Morgan fingerprint density at radius 2 is 2.17 bits per heavy atom. The van der Waals surface area contributed by atoms with Crippen molar-refractivity contribution in [3.63, 3.8) is 0 Å². The average molecular weight is 462 g/mol. The van der Waals surface area contributed by atoms with Gasteiger partial charge in [-0.05, 0) is 18.2 Å². The van der Waals surface area contributed by atoms with Crippen molar-refractivity contribution >= 4 is 39.3 Å². The average Bonchev–Trinajstić information content (AvgIpc) is 3.24. The zero-order chi connectivity index (χ0) is 20.7. The van der Waals surface area contributed by atoms with Crippen molar-refractivity contribution in [2.24, 2.45) is 0 Å². The van der Waals surface area contributed by atoms with E-state index in [9.17, 15) is 13.2 Å². The number of amides is 1. The van der Waals surface area contributed by atoms with Crippen LogP contribution in [0.3, 0.4) is 0 Å². The molecule has 0 aliphatic carbocycles. The van der Waals surface area contributed by atoms with Crippen LogP contribution in [0.4, 0.5) is 0 Å². The maximum absolute atomic E-state index is 12.6. The van der Waals surface area contributed by atoms with E-state index in [2.05, 4.69) is 20.5 Å². The number of H-pyrrole nitrogens is 1. The number of ether oxygens (including phenoxy) is 2. The van der Waals surface area contributed by atoms with Crippen LogP contribution in [0.25, 0.3) is 0 Å². The molecule has 1 fully saturated rings. The number of aromatic nitrogens is 3. The first kappa shape index (κ1) is 21.8. The van der Waals surface area contributed by atoms with Crippen molar-refractivity contribution in [3.05, 3.63) is 29.5 Å². The van der Waals surface area contributed by atoms with E-state index >= 15 is 0 Å². The monoisotopic (exact) mass is 461 g/mol. The highest BCUT2D eigenvalue weighted by atomic mass is 35.5. The number of nitrogens with zero attached hydrogens (tertiary/aromatic N) is 3. The highest BCUT2D eigenvalue weighted by Crippen LogP contribution is 2.29. The van der Waals surface area contributed by atoms with Gasteiger partial charge in [-0.1, -0.05) is 23.4 Å². The van der Waals surface area contributed by atoms with Crippen LogP contribution in [0.2, 0.25) is 5.02 Å². The van der Waals surface area contributed by atoms with Crippen molar-refractivity contribution in [1.82, 2.24) is 24.8 Å². The Labute approximate surface area is 177 Å². The molecule has 10 nitrogen and oxygen atoms in total. The van der Waals surface area contributed by atoms with E-state index in [0.717, 1.165) is 0 Å². The first-order valence-corrected chi connectivity index (χ1v) is 11.5. The summed E-state index contributed by atoms with van der Waals surface area (Å²) in [7, 11) is -3.65. The number of hydrogen-bond acceptors (Lipinski definition) is 8. The Balaban J connectivity index is 1.48. The number of carbonyl (C=O) groups is 1. The summed E-state index contributed by atoms with van der Waals surface area (Å²) in [6, 6.07) is 4.19. The molecular formula is C16H20ClN5O5S2. The molecular weight excluding hydrogens is 442 g/mol. The number of sulfonamides is 1. The van der Waals surface area contributed by atoms with E-state index in [1.807, 2.05) is 0 Å². The van der Waals surface area contributed by atoms with Crippen molar-refractivity contribution in [2.75, 3.05) is 45.2 Å². The highest BCUT2D eigenvalue weighted by Gasteiger charge is 2.27. The normalized spacial score (nSPS) is 15.2. The lowest BCUT2D eigenvalue weighted by Crippen LogP contribution is -2.40. The third kappa shape index (κ3) is 6.06. The molecule has 29 heavy (non-hydrogen) atoms. The summed E-state index contributed by atoms with van der Waals surface area (Å²) in [5.41, 5.74) is 0. The van der Waals surface area contributed by atoms with Gasteiger partial charge in [0.1, 0.15) is 12.1 Å². The number of hydrogen-bond donors (Lipinski definition) is 2. The molecule has 1 aliphatic rings. The van der Waals surface area contributed by atoms with Crippen LogP contribution in [0.1, 0.15) is 0 Å². The fourth-order valence-electron chi connectivity index (χ4n) is 2.49. The molecule has 0 unspecified atom stereocenters. The minimum absolute atomic E-state index is 0.0747. The lowest BCUT2D eigenvalue weighted by Gasteiger charge is -2.26. The second-order valence-electron chi connectivity index (χ2n) is 5.89. The molecule has 0 radical (unpaired) electrons. The molecule has 158 valence electrons. The van der Waals surface area contributed by atoms with Crippen molar-refractivity contribution in [2.45, 2.75) is 10.1 Å². The molecule has 0 saturated carbocycles. The molecule has 3 rings (SSSR count). The van der Waals surface area contributed by atoms with Crippen LogP contribution in [-0.4, -0.2) is 79.0 Å². The molecule has 1 saturated heterocycles. The SMILES string of the molecule is O=C(COc1ccc(S(=O)(=O)N2CCOCC2)cc1Cl)NCCSc1ncn[nH]1. The fourth-order valence-corrected chi connectivity index (χ4v) is 4.86. The number of aromatic amines is 1. The van der Waals surface area contributed by atoms with Gasteiger partial charge in [-0.15, -0.1) is 0 Å². The van der Waals surface area contributed by atoms with E-state index in [1.165, 1.54) is 40.6 Å². The topological polar surface area (TPSA) is 127 Å². The van der Waals surface area contributed by atoms with Gasteiger partial charge in [0.05, 0.1) is 23.1 Å².